The van der Waals surface area contributed by atoms with Crippen molar-refractivity contribution in [3.63, 3.8) is 0 Å². The lowest BCUT2D eigenvalue weighted by atomic mass is 10.3. The zero-order valence-electron chi connectivity index (χ0n) is 9.13. The van der Waals surface area contributed by atoms with Crippen LogP contribution in [0.4, 0.5) is 11.4 Å². The third kappa shape index (κ3) is 5.06. The standard InChI is InChI=1S/2C6H5BrClN/c2*7-5-3-4(8)1-2-6(5)9/h2*1-3H,9H2. The molecule has 0 fully saturated rings. The molecule has 0 atom stereocenters. The maximum absolute atomic E-state index is 5.63. The van der Waals surface area contributed by atoms with Crippen molar-refractivity contribution in [3.05, 3.63) is 55.4 Å². The largest absolute Gasteiger partial charge is 0.398 e. The lowest BCUT2D eigenvalue weighted by Gasteiger charge is -1.95. The first kappa shape index (κ1) is 15.6. The first-order chi connectivity index (χ1) is 8.40. The van der Waals surface area contributed by atoms with Crippen LogP contribution in [0.1, 0.15) is 0 Å². The zero-order chi connectivity index (χ0) is 13.7. The van der Waals surface area contributed by atoms with Gasteiger partial charge in [0.15, 0.2) is 0 Å². The summed E-state index contributed by atoms with van der Waals surface area (Å²) in [6.07, 6.45) is 0. The maximum atomic E-state index is 5.63. The third-order valence-corrected chi connectivity index (χ3v) is 3.77. The van der Waals surface area contributed by atoms with Crippen LogP contribution in [0.3, 0.4) is 0 Å². The van der Waals surface area contributed by atoms with Gasteiger partial charge >= 0.3 is 0 Å². The molecule has 6 heteroatoms. The molecule has 0 aliphatic rings. The number of hydrogen-bond acceptors (Lipinski definition) is 2. The van der Waals surface area contributed by atoms with Crippen LogP contribution < -0.4 is 11.5 Å². The van der Waals surface area contributed by atoms with Gasteiger partial charge in [-0.05, 0) is 68.3 Å². The van der Waals surface area contributed by atoms with Crippen LogP contribution in [-0.2, 0) is 0 Å². The van der Waals surface area contributed by atoms with Gasteiger partial charge in [0.2, 0.25) is 0 Å². The Balaban J connectivity index is 0.000000180. The van der Waals surface area contributed by atoms with Crippen LogP contribution >= 0.6 is 55.1 Å². The van der Waals surface area contributed by atoms with Crippen LogP contribution in [0.2, 0.25) is 10.0 Å². The Hall–Kier alpha value is -0.420. The zero-order valence-corrected chi connectivity index (χ0v) is 13.8. The minimum absolute atomic E-state index is 0.691. The number of nitrogen functional groups attached to an aromatic ring is 2. The number of hydrogen-bond donors (Lipinski definition) is 2. The summed E-state index contributed by atoms with van der Waals surface area (Å²) in [5.74, 6) is 0. The van der Waals surface area contributed by atoms with Crippen LogP contribution in [0.25, 0.3) is 0 Å². The molecule has 2 rings (SSSR count). The van der Waals surface area contributed by atoms with E-state index in [2.05, 4.69) is 31.9 Å². The average molecular weight is 413 g/mol. The molecule has 0 bridgehead atoms. The molecule has 96 valence electrons. The smallest absolute Gasteiger partial charge is 0.0459 e. The van der Waals surface area contributed by atoms with Gasteiger partial charge in [0.1, 0.15) is 0 Å². The molecule has 0 spiro atoms. The molecule has 0 saturated carbocycles. The van der Waals surface area contributed by atoms with E-state index >= 15 is 0 Å². The van der Waals surface area contributed by atoms with E-state index in [0.717, 1.165) is 8.95 Å². The second-order valence-corrected chi connectivity index (χ2v) is 5.91. The lowest BCUT2D eigenvalue weighted by Crippen LogP contribution is -1.84. The second-order valence-electron chi connectivity index (χ2n) is 3.33. The second kappa shape index (κ2) is 7.24. The summed E-state index contributed by atoms with van der Waals surface area (Å²) in [6, 6.07) is 10.5. The van der Waals surface area contributed by atoms with E-state index in [9.17, 15) is 0 Å². The minimum Gasteiger partial charge on any atom is -0.398 e. The van der Waals surface area contributed by atoms with E-state index in [4.69, 9.17) is 34.7 Å². The molecule has 0 aromatic heterocycles. The highest BCUT2D eigenvalue weighted by molar-refractivity contribution is 9.11. The molecular weight excluding hydrogens is 403 g/mol. The van der Waals surface area contributed by atoms with Gasteiger partial charge in [-0.3, -0.25) is 0 Å². The molecule has 4 N–H and O–H groups in total. The van der Waals surface area contributed by atoms with Crippen molar-refractivity contribution in [2.75, 3.05) is 11.5 Å². The van der Waals surface area contributed by atoms with Crippen LogP contribution in [0.5, 0.6) is 0 Å². The van der Waals surface area contributed by atoms with Gasteiger partial charge in [-0.15, -0.1) is 0 Å². The summed E-state index contributed by atoms with van der Waals surface area (Å²) in [4.78, 5) is 0. The fraction of sp³-hybridized carbons (Fsp3) is 0. The molecule has 0 unspecified atom stereocenters. The normalized spacial score (nSPS) is 9.56. The van der Waals surface area contributed by atoms with Gasteiger partial charge in [0.25, 0.3) is 0 Å². The molecule has 0 aliphatic heterocycles. The van der Waals surface area contributed by atoms with Gasteiger partial charge < -0.3 is 11.5 Å². The topological polar surface area (TPSA) is 52.0 Å². The van der Waals surface area contributed by atoms with E-state index in [-0.39, 0.29) is 0 Å². The molecule has 2 aromatic rings. The molecule has 2 aromatic carbocycles. The van der Waals surface area contributed by atoms with Gasteiger partial charge in [0.05, 0.1) is 0 Å². The maximum Gasteiger partial charge on any atom is 0.0459 e. The monoisotopic (exact) mass is 410 g/mol. The highest BCUT2D eigenvalue weighted by atomic mass is 79.9. The van der Waals surface area contributed by atoms with Gasteiger partial charge in [-0.2, -0.15) is 0 Å². The molecular formula is C12H10Br2Cl2N2. The predicted molar refractivity (Wildman–Crippen MR) is 87.1 cm³/mol. The molecule has 0 heterocycles. The first-order valence-corrected chi connectivity index (χ1v) is 7.15. The fourth-order valence-electron chi connectivity index (χ4n) is 1.00. The number of anilines is 2. The predicted octanol–water partition coefficient (Wildman–Crippen LogP) is 5.37. The molecule has 18 heavy (non-hydrogen) atoms. The van der Waals surface area contributed by atoms with Crippen molar-refractivity contribution >= 4 is 66.4 Å². The SMILES string of the molecule is Nc1ccc(Cl)cc1Br.Nc1ccc(Cl)cc1Br. The van der Waals surface area contributed by atoms with E-state index in [1.165, 1.54) is 0 Å². The van der Waals surface area contributed by atoms with Crippen LogP contribution in [-0.4, -0.2) is 0 Å². The van der Waals surface area contributed by atoms with Crippen molar-refractivity contribution in [2.45, 2.75) is 0 Å². The van der Waals surface area contributed by atoms with Crippen molar-refractivity contribution < 1.29 is 0 Å². The van der Waals surface area contributed by atoms with E-state index in [1.807, 2.05) is 0 Å². The summed E-state index contributed by atoms with van der Waals surface area (Å²) in [7, 11) is 0. The van der Waals surface area contributed by atoms with Crippen molar-refractivity contribution in [2.24, 2.45) is 0 Å². The highest BCUT2D eigenvalue weighted by Crippen LogP contribution is 2.23. The highest BCUT2D eigenvalue weighted by Gasteiger charge is 1.93. The Morgan fingerprint density at radius 3 is 1.28 bits per heavy atom. The Morgan fingerprint density at radius 1 is 0.722 bits per heavy atom. The van der Waals surface area contributed by atoms with E-state index in [1.54, 1.807) is 36.4 Å². The van der Waals surface area contributed by atoms with E-state index < -0.39 is 0 Å². The van der Waals surface area contributed by atoms with Gasteiger partial charge in [-0.1, -0.05) is 23.2 Å². The van der Waals surface area contributed by atoms with Crippen LogP contribution in [0, 0.1) is 0 Å². The third-order valence-electron chi connectivity index (χ3n) is 1.92. The molecule has 0 amide bonds. The summed E-state index contributed by atoms with van der Waals surface area (Å²) in [6.45, 7) is 0. The summed E-state index contributed by atoms with van der Waals surface area (Å²) in [5.41, 5.74) is 12.4. The van der Waals surface area contributed by atoms with Crippen molar-refractivity contribution in [1.29, 1.82) is 0 Å². The number of benzene rings is 2. The molecule has 0 saturated heterocycles. The lowest BCUT2D eigenvalue weighted by molar-refractivity contribution is 1.63. The van der Waals surface area contributed by atoms with Gasteiger partial charge in [0, 0.05) is 30.4 Å². The molecule has 2 nitrogen and oxygen atoms in total. The Kier molecular flexibility index (Phi) is 6.29. The van der Waals surface area contributed by atoms with E-state index in [0.29, 0.717) is 21.4 Å². The molecule has 0 radical (unpaired) electrons. The summed E-state index contributed by atoms with van der Waals surface area (Å²) >= 11 is 17.7. The summed E-state index contributed by atoms with van der Waals surface area (Å²) in [5, 5.41) is 1.38. The van der Waals surface area contributed by atoms with Crippen molar-refractivity contribution in [1.82, 2.24) is 0 Å². The quantitative estimate of drug-likeness (QED) is 0.571. The summed E-state index contributed by atoms with van der Waals surface area (Å²) < 4.78 is 1.69. The Morgan fingerprint density at radius 2 is 1.06 bits per heavy atom. The number of nitrogens with two attached hydrogens (primary N) is 2. The Bertz CT molecular complexity index is 498. The molecule has 0 aliphatic carbocycles. The minimum atomic E-state index is 0.691. The first-order valence-electron chi connectivity index (χ1n) is 4.81. The van der Waals surface area contributed by atoms with Gasteiger partial charge in [-0.25, -0.2) is 0 Å². The van der Waals surface area contributed by atoms with Crippen molar-refractivity contribution in [3.8, 4) is 0 Å². The average Bonchev–Trinajstić information content (AvgIpc) is 2.30. The number of rotatable bonds is 0. The fourth-order valence-corrected chi connectivity index (χ4v) is 2.37. The van der Waals surface area contributed by atoms with Crippen LogP contribution in [0.15, 0.2) is 45.3 Å². The Labute approximate surface area is 133 Å². The number of halogens is 4.